The first kappa shape index (κ1) is 24.7. The third-order valence-corrected chi connectivity index (χ3v) is 6.70. The van der Waals surface area contributed by atoms with Gasteiger partial charge in [-0.05, 0) is 42.0 Å². The van der Waals surface area contributed by atoms with Crippen molar-refractivity contribution in [3.05, 3.63) is 107 Å². The van der Waals surface area contributed by atoms with E-state index in [4.69, 9.17) is 19.6 Å². The number of methoxy groups -OCH3 is 2. The van der Waals surface area contributed by atoms with Gasteiger partial charge in [-0.3, -0.25) is 4.90 Å². The monoisotopic (exact) mass is 501 g/mol. The normalized spacial score (nSPS) is 15.5. The fourth-order valence-electron chi connectivity index (χ4n) is 4.02. The molecule has 0 saturated heterocycles. The highest BCUT2D eigenvalue weighted by atomic mass is 32.2. The molecule has 8 nitrogen and oxygen atoms in total. The van der Waals surface area contributed by atoms with Crippen LogP contribution in [0.2, 0.25) is 0 Å². The van der Waals surface area contributed by atoms with E-state index in [0.29, 0.717) is 17.0 Å². The van der Waals surface area contributed by atoms with Crippen LogP contribution in [0.4, 0.5) is 5.69 Å². The van der Waals surface area contributed by atoms with E-state index in [9.17, 15) is 14.9 Å². The Balaban J connectivity index is 1.83. The topological polar surface area (TPSA) is 119 Å². The number of thioether (sulfide) groups is 1. The molecule has 0 aliphatic carbocycles. The number of allylic oxidation sites excluding steroid dienone is 1. The smallest absolute Gasteiger partial charge is 0.355 e. The fourth-order valence-corrected chi connectivity index (χ4v) is 4.82. The molecule has 1 aromatic heterocycles. The quantitative estimate of drug-likeness (QED) is 0.369. The van der Waals surface area contributed by atoms with E-state index in [2.05, 4.69) is 6.07 Å². The van der Waals surface area contributed by atoms with Crippen molar-refractivity contribution in [2.24, 2.45) is 5.73 Å². The summed E-state index contributed by atoms with van der Waals surface area (Å²) in [6, 6.07) is 22.0. The number of carbonyl (C=O) groups is 2. The first-order chi connectivity index (χ1) is 17.5. The van der Waals surface area contributed by atoms with Gasteiger partial charge in [0.05, 0.1) is 49.4 Å². The zero-order valence-corrected chi connectivity index (χ0v) is 20.5. The number of ether oxygens (including phenoxy) is 2. The minimum Gasteiger partial charge on any atom is -0.468 e. The number of nitrogens with zero attached hydrogens (tertiary/aromatic N) is 2. The lowest BCUT2D eigenvalue weighted by Crippen LogP contribution is -2.40. The average Bonchev–Trinajstić information content (AvgIpc) is 3.45. The van der Waals surface area contributed by atoms with Gasteiger partial charge in [-0.25, -0.2) is 9.59 Å². The number of nitrogens with two attached hydrogens (primary N) is 1. The summed E-state index contributed by atoms with van der Waals surface area (Å²) >= 11 is 1.57. The molecule has 36 heavy (non-hydrogen) atoms. The summed E-state index contributed by atoms with van der Waals surface area (Å²) in [5.41, 5.74) is 7.59. The van der Waals surface area contributed by atoms with Crippen LogP contribution in [-0.4, -0.2) is 26.2 Å². The molecule has 1 atom stereocenters. The molecule has 0 saturated carbocycles. The molecule has 0 spiro atoms. The van der Waals surface area contributed by atoms with Gasteiger partial charge in [0.15, 0.2) is 0 Å². The van der Waals surface area contributed by atoms with Gasteiger partial charge < -0.3 is 19.6 Å². The van der Waals surface area contributed by atoms with Gasteiger partial charge in [0.1, 0.15) is 17.3 Å². The summed E-state index contributed by atoms with van der Waals surface area (Å²) in [6.45, 7) is 0. The summed E-state index contributed by atoms with van der Waals surface area (Å²) in [5.74, 6) is -0.938. The van der Waals surface area contributed by atoms with Crippen LogP contribution in [0.15, 0.2) is 105 Å². The van der Waals surface area contributed by atoms with Crippen molar-refractivity contribution in [1.82, 2.24) is 0 Å². The number of furan rings is 1. The van der Waals surface area contributed by atoms with E-state index in [1.165, 1.54) is 19.1 Å². The van der Waals surface area contributed by atoms with Crippen LogP contribution in [0, 0.1) is 11.3 Å². The van der Waals surface area contributed by atoms with Crippen molar-refractivity contribution in [2.45, 2.75) is 16.6 Å². The van der Waals surface area contributed by atoms with E-state index in [1.807, 2.05) is 30.3 Å². The molecule has 2 aromatic carbocycles. The van der Waals surface area contributed by atoms with Crippen molar-refractivity contribution in [1.29, 1.82) is 5.26 Å². The van der Waals surface area contributed by atoms with E-state index < -0.39 is 17.9 Å². The minimum absolute atomic E-state index is 0.0235. The molecular weight excluding hydrogens is 478 g/mol. The Labute approximate surface area is 212 Å². The van der Waals surface area contributed by atoms with E-state index in [0.717, 1.165) is 10.7 Å². The van der Waals surface area contributed by atoms with Crippen LogP contribution in [0.25, 0.3) is 0 Å². The summed E-state index contributed by atoms with van der Waals surface area (Å²) in [6.07, 6.45) is 1.62. The molecule has 1 aliphatic rings. The maximum absolute atomic E-state index is 13.1. The Bertz CT molecular complexity index is 1360. The van der Waals surface area contributed by atoms with Crippen LogP contribution < -0.4 is 10.6 Å². The van der Waals surface area contributed by atoms with Gasteiger partial charge in [-0.1, -0.05) is 30.3 Å². The van der Waals surface area contributed by atoms with Gasteiger partial charge >= 0.3 is 11.9 Å². The molecule has 182 valence electrons. The third kappa shape index (κ3) is 4.72. The van der Waals surface area contributed by atoms with Crippen LogP contribution in [0.5, 0.6) is 0 Å². The Morgan fingerprint density at radius 1 is 1.03 bits per heavy atom. The summed E-state index contributed by atoms with van der Waals surface area (Å²) in [5, 5.41) is 10.1. The number of rotatable bonds is 7. The Morgan fingerprint density at radius 3 is 2.31 bits per heavy atom. The standard InChI is InChI=1S/C27H23N3O5S/c1-33-26(31)23-22(17-7-4-3-5-8-17)21(15-28)25(29)30(24(23)27(32)34-2)18-10-12-20(13-11-18)36-16-19-9-6-14-35-19/h3-14,22H,16,29H2,1-2H3. The summed E-state index contributed by atoms with van der Waals surface area (Å²) < 4.78 is 15.5. The van der Waals surface area contributed by atoms with Crippen LogP contribution >= 0.6 is 11.8 Å². The lowest BCUT2D eigenvalue weighted by atomic mass is 9.81. The number of esters is 2. The van der Waals surface area contributed by atoms with E-state index >= 15 is 0 Å². The highest BCUT2D eigenvalue weighted by Crippen LogP contribution is 2.43. The lowest BCUT2D eigenvalue weighted by Gasteiger charge is -2.35. The summed E-state index contributed by atoms with van der Waals surface area (Å²) in [4.78, 5) is 28.5. The molecule has 2 N–H and O–H groups in total. The van der Waals surface area contributed by atoms with Crippen molar-refractivity contribution in [3.63, 3.8) is 0 Å². The molecule has 0 amide bonds. The van der Waals surface area contributed by atoms with Gasteiger partial charge in [-0.2, -0.15) is 5.26 Å². The summed E-state index contributed by atoms with van der Waals surface area (Å²) in [7, 11) is 2.43. The first-order valence-corrected chi connectivity index (χ1v) is 11.9. The Hall–Kier alpha value is -4.42. The van der Waals surface area contributed by atoms with Crippen molar-refractivity contribution >= 4 is 29.4 Å². The number of carbonyl (C=O) groups excluding carboxylic acids is 2. The number of benzene rings is 2. The highest BCUT2D eigenvalue weighted by Gasteiger charge is 2.42. The maximum atomic E-state index is 13.1. The zero-order chi connectivity index (χ0) is 25.7. The predicted molar refractivity (Wildman–Crippen MR) is 134 cm³/mol. The third-order valence-electron chi connectivity index (χ3n) is 5.67. The fraction of sp³-hybridized carbons (Fsp3) is 0.148. The second-order valence-corrected chi connectivity index (χ2v) is 8.75. The molecular formula is C27H23N3O5S. The van der Waals surface area contributed by atoms with Gasteiger partial charge in [-0.15, -0.1) is 11.8 Å². The minimum atomic E-state index is -0.905. The molecule has 1 aliphatic heterocycles. The van der Waals surface area contributed by atoms with Crippen LogP contribution in [0.1, 0.15) is 17.2 Å². The van der Waals surface area contributed by atoms with Gasteiger partial charge in [0.2, 0.25) is 0 Å². The van der Waals surface area contributed by atoms with Gasteiger partial charge in [0.25, 0.3) is 0 Å². The Morgan fingerprint density at radius 2 is 1.72 bits per heavy atom. The van der Waals surface area contributed by atoms with E-state index in [1.54, 1.807) is 54.4 Å². The van der Waals surface area contributed by atoms with Crippen molar-refractivity contribution in [3.8, 4) is 6.07 Å². The largest absolute Gasteiger partial charge is 0.468 e. The van der Waals surface area contributed by atoms with E-state index in [-0.39, 0.29) is 22.7 Å². The first-order valence-electron chi connectivity index (χ1n) is 10.9. The van der Waals surface area contributed by atoms with Crippen molar-refractivity contribution in [2.75, 3.05) is 19.1 Å². The molecule has 3 aromatic rings. The highest BCUT2D eigenvalue weighted by molar-refractivity contribution is 7.98. The number of hydrogen-bond donors (Lipinski definition) is 1. The molecule has 0 radical (unpaired) electrons. The molecule has 4 rings (SSSR count). The lowest BCUT2D eigenvalue weighted by molar-refractivity contribution is -0.139. The number of hydrogen-bond acceptors (Lipinski definition) is 9. The molecule has 1 unspecified atom stereocenters. The average molecular weight is 502 g/mol. The predicted octanol–water partition coefficient (Wildman–Crippen LogP) is 4.47. The molecule has 0 fully saturated rings. The number of anilines is 1. The Kier molecular flexibility index (Phi) is 7.47. The van der Waals surface area contributed by atoms with Gasteiger partial charge in [0, 0.05) is 10.6 Å². The second kappa shape index (κ2) is 10.9. The molecule has 0 bridgehead atoms. The number of nitriles is 1. The molecule has 2 heterocycles. The zero-order valence-electron chi connectivity index (χ0n) is 19.6. The van der Waals surface area contributed by atoms with Crippen LogP contribution in [-0.2, 0) is 24.8 Å². The molecule has 9 heteroatoms. The van der Waals surface area contributed by atoms with Crippen LogP contribution in [0.3, 0.4) is 0 Å². The second-order valence-electron chi connectivity index (χ2n) is 7.70. The maximum Gasteiger partial charge on any atom is 0.355 e. The SMILES string of the molecule is COC(=O)C1=C(C(=O)OC)N(c2ccc(SCc3ccco3)cc2)C(N)=C(C#N)C1c1ccccc1. The van der Waals surface area contributed by atoms with Crippen molar-refractivity contribution < 1.29 is 23.5 Å².